The molecule has 0 aromatic heterocycles. The summed E-state index contributed by atoms with van der Waals surface area (Å²) in [6.07, 6.45) is 0.639. The molecule has 0 unspecified atom stereocenters. The number of hydrogen-bond donors (Lipinski definition) is 2. The Morgan fingerprint density at radius 2 is 2.18 bits per heavy atom. The van der Waals surface area contributed by atoms with Gasteiger partial charge in [0.1, 0.15) is 5.70 Å². The Morgan fingerprint density at radius 3 is 2.64 bits per heavy atom. The summed E-state index contributed by atoms with van der Waals surface area (Å²) in [5.41, 5.74) is -0.355. The van der Waals surface area contributed by atoms with Gasteiger partial charge in [-0.15, -0.1) is 0 Å². The van der Waals surface area contributed by atoms with Gasteiger partial charge in [-0.1, -0.05) is 0 Å². The zero-order valence-corrected chi connectivity index (χ0v) is 5.46. The molecule has 0 aromatic rings. The van der Waals surface area contributed by atoms with Crippen LogP contribution in [0.3, 0.4) is 0 Å². The van der Waals surface area contributed by atoms with Gasteiger partial charge in [-0.25, -0.2) is 4.79 Å². The molecule has 58 valence electrons. The molecule has 0 radical (unpaired) electrons. The van der Waals surface area contributed by atoms with Crippen molar-refractivity contribution in [3.63, 3.8) is 0 Å². The van der Waals surface area contributed by atoms with E-state index >= 15 is 0 Å². The number of amides is 1. The molecule has 11 heavy (non-hydrogen) atoms. The molecule has 0 aliphatic carbocycles. The summed E-state index contributed by atoms with van der Waals surface area (Å²) in [5, 5.41) is 10.4. The summed E-state index contributed by atoms with van der Waals surface area (Å²) in [4.78, 5) is 31.4. The average Bonchev–Trinajstić information content (AvgIpc) is 1.85. The molecule has 1 aliphatic rings. The summed E-state index contributed by atoms with van der Waals surface area (Å²) in [6, 6.07) is 0. The van der Waals surface area contributed by atoms with Crippen LogP contribution in [-0.4, -0.2) is 22.8 Å². The predicted octanol–water partition coefficient (Wildman–Crippen LogP) is -0.956. The van der Waals surface area contributed by atoms with Crippen molar-refractivity contribution < 1.29 is 19.5 Å². The van der Waals surface area contributed by atoms with E-state index in [1.807, 2.05) is 5.32 Å². The van der Waals surface area contributed by atoms with Crippen LogP contribution in [-0.2, 0) is 14.4 Å². The number of hydrogen-bond acceptors (Lipinski definition) is 3. The highest BCUT2D eigenvalue weighted by Gasteiger charge is 2.20. The largest absolute Gasteiger partial charge is 0.477 e. The number of rotatable bonds is 1. The van der Waals surface area contributed by atoms with Crippen LogP contribution in [0.2, 0.25) is 0 Å². The maximum atomic E-state index is 10.6. The van der Waals surface area contributed by atoms with E-state index in [1.165, 1.54) is 0 Å². The van der Waals surface area contributed by atoms with E-state index in [1.54, 1.807) is 0 Å². The van der Waals surface area contributed by atoms with Crippen molar-refractivity contribution in [1.29, 1.82) is 0 Å². The first-order valence-corrected chi connectivity index (χ1v) is 2.87. The average molecular weight is 155 g/mol. The number of nitrogens with one attached hydrogen (secondary N) is 1. The third kappa shape index (κ3) is 1.64. The Labute approximate surface area is 61.7 Å². The number of carboxylic acid groups (broad SMARTS) is 1. The first-order chi connectivity index (χ1) is 5.09. The van der Waals surface area contributed by atoms with Crippen molar-refractivity contribution in [2.24, 2.45) is 0 Å². The van der Waals surface area contributed by atoms with Gasteiger partial charge < -0.3 is 10.4 Å². The van der Waals surface area contributed by atoms with Crippen molar-refractivity contribution in [1.82, 2.24) is 5.32 Å². The molecule has 0 saturated carbocycles. The van der Waals surface area contributed by atoms with Gasteiger partial charge in [0.15, 0.2) is 5.78 Å². The van der Waals surface area contributed by atoms with Gasteiger partial charge >= 0.3 is 5.97 Å². The van der Waals surface area contributed by atoms with Crippen LogP contribution in [0.15, 0.2) is 11.8 Å². The molecular formula is C6H5NO4. The number of allylic oxidation sites excluding steroid dienone is 1. The normalized spacial score (nSPS) is 17.3. The summed E-state index contributed by atoms with van der Waals surface area (Å²) >= 11 is 0. The van der Waals surface area contributed by atoms with Crippen LogP contribution in [0.4, 0.5) is 0 Å². The molecule has 0 saturated heterocycles. The van der Waals surface area contributed by atoms with Crippen LogP contribution in [0.1, 0.15) is 6.42 Å². The topological polar surface area (TPSA) is 83.5 Å². The second-order valence-electron chi connectivity index (χ2n) is 2.05. The van der Waals surface area contributed by atoms with E-state index in [0.717, 1.165) is 6.08 Å². The predicted molar refractivity (Wildman–Crippen MR) is 33.5 cm³/mol. The molecule has 0 spiro atoms. The van der Waals surface area contributed by atoms with Crippen LogP contribution in [0, 0.1) is 0 Å². The first-order valence-electron chi connectivity index (χ1n) is 2.87. The standard InChI is InChI=1S/C6H5NO4/c8-3-1-4(6(10)11)7-5(9)2-3/h1H,2H2,(H,7,9)(H,10,11). The minimum absolute atomic E-state index is 0.267. The number of aliphatic carboxylic acids is 1. The van der Waals surface area contributed by atoms with Gasteiger partial charge in [0, 0.05) is 6.08 Å². The zero-order valence-electron chi connectivity index (χ0n) is 5.46. The molecule has 0 aromatic carbocycles. The van der Waals surface area contributed by atoms with Gasteiger partial charge in [-0.2, -0.15) is 0 Å². The molecule has 0 atom stereocenters. The third-order valence-corrected chi connectivity index (χ3v) is 1.14. The van der Waals surface area contributed by atoms with E-state index < -0.39 is 17.7 Å². The number of carbonyl (C=O) groups is 3. The second-order valence-corrected chi connectivity index (χ2v) is 2.05. The van der Waals surface area contributed by atoms with Crippen molar-refractivity contribution in [3.05, 3.63) is 11.8 Å². The van der Waals surface area contributed by atoms with E-state index in [9.17, 15) is 14.4 Å². The van der Waals surface area contributed by atoms with E-state index in [4.69, 9.17) is 5.11 Å². The lowest BCUT2D eigenvalue weighted by Crippen LogP contribution is -2.33. The Balaban J connectivity index is 2.89. The van der Waals surface area contributed by atoms with Crippen LogP contribution in [0.25, 0.3) is 0 Å². The molecular weight excluding hydrogens is 150 g/mol. The maximum absolute atomic E-state index is 10.6. The van der Waals surface area contributed by atoms with E-state index in [-0.39, 0.29) is 12.1 Å². The Bertz CT molecular complexity index is 266. The molecule has 1 amide bonds. The van der Waals surface area contributed by atoms with Crippen molar-refractivity contribution >= 4 is 17.7 Å². The van der Waals surface area contributed by atoms with Gasteiger partial charge in [-0.05, 0) is 0 Å². The van der Waals surface area contributed by atoms with E-state index in [2.05, 4.69) is 0 Å². The smallest absolute Gasteiger partial charge is 0.352 e. The summed E-state index contributed by atoms with van der Waals surface area (Å²) in [5.74, 6) is -2.35. The fraction of sp³-hybridized carbons (Fsp3) is 0.167. The van der Waals surface area contributed by atoms with Gasteiger partial charge in [0.05, 0.1) is 6.42 Å². The highest BCUT2D eigenvalue weighted by atomic mass is 16.4. The molecule has 1 heterocycles. The Morgan fingerprint density at radius 1 is 1.55 bits per heavy atom. The SMILES string of the molecule is O=C1C=C(C(=O)O)NC(=O)C1. The Kier molecular flexibility index (Phi) is 1.72. The quantitative estimate of drug-likeness (QED) is 0.478. The van der Waals surface area contributed by atoms with Crippen LogP contribution >= 0.6 is 0 Å². The number of ketones is 1. The lowest BCUT2D eigenvalue weighted by atomic mass is 10.1. The van der Waals surface area contributed by atoms with Crippen molar-refractivity contribution in [2.45, 2.75) is 6.42 Å². The minimum atomic E-state index is -1.30. The van der Waals surface area contributed by atoms with Gasteiger partial charge in [-0.3, -0.25) is 9.59 Å². The molecule has 2 N–H and O–H groups in total. The highest BCUT2D eigenvalue weighted by molar-refractivity contribution is 6.12. The minimum Gasteiger partial charge on any atom is -0.477 e. The molecule has 5 heteroatoms. The summed E-state index contributed by atoms with van der Waals surface area (Å²) in [7, 11) is 0. The summed E-state index contributed by atoms with van der Waals surface area (Å²) < 4.78 is 0. The summed E-state index contributed by atoms with van der Waals surface area (Å²) in [6.45, 7) is 0. The monoisotopic (exact) mass is 155 g/mol. The van der Waals surface area contributed by atoms with Crippen LogP contribution in [0.5, 0.6) is 0 Å². The number of carbonyl (C=O) groups excluding carboxylic acids is 2. The maximum Gasteiger partial charge on any atom is 0.352 e. The Hall–Kier alpha value is -1.65. The zero-order chi connectivity index (χ0) is 8.43. The van der Waals surface area contributed by atoms with Gasteiger partial charge in [0.25, 0.3) is 0 Å². The van der Waals surface area contributed by atoms with Crippen LogP contribution < -0.4 is 5.32 Å². The lowest BCUT2D eigenvalue weighted by molar-refractivity contribution is -0.136. The van der Waals surface area contributed by atoms with Crippen molar-refractivity contribution in [2.75, 3.05) is 0 Å². The van der Waals surface area contributed by atoms with E-state index in [0.29, 0.717) is 0 Å². The molecule has 5 nitrogen and oxygen atoms in total. The molecule has 1 rings (SSSR count). The number of carboxylic acids is 1. The molecule has 0 fully saturated rings. The fourth-order valence-corrected chi connectivity index (χ4v) is 0.716. The highest BCUT2D eigenvalue weighted by Crippen LogP contribution is 2.00. The molecule has 1 aliphatic heterocycles. The second kappa shape index (κ2) is 2.53. The van der Waals surface area contributed by atoms with Gasteiger partial charge in [0.2, 0.25) is 5.91 Å². The third-order valence-electron chi connectivity index (χ3n) is 1.14. The van der Waals surface area contributed by atoms with Crippen molar-refractivity contribution in [3.8, 4) is 0 Å². The fourth-order valence-electron chi connectivity index (χ4n) is 0.716. The first kappa shape index (κ1) is 7.46. The lowest BCUT2D eigenvalue weighted by Gasteiger charge is -2.08. The molecule has 0 bridgehead atoms.